The van der Waals surface area contributed by atoms with Crippen molar-refractivity contribution in [2.24, 2.45) is 5.73 Å². The van der Waals surface area contributed by atoms with Gasteiger partial charge in [0.05, 0.1) is 17.9 Å². The van der Waals surface area contributed by atoms with Gasteiger partial charge < -0.3 is 11.1 Å². The fourth-order valence-electron chi connectivity index (χ4n) is 1.06. The lowest BCUT2D eigenvalue weighted by molar-refractivity contribution is -0.117. The molecule has 0 aliphatic rings. The summed E-state index contributed by atoms with van der Waals surface area (Å²) in [6.45, 7) is 0. The van der Waals surface area contributed by atoms with Crippen LogP contribution in [-0.4, -0.2) is 28.9 Å². The Labute approximate surface area is 104 Å². The Hall–Kier alpha value is -0.780. The quantitative estimate of drug-likeness (QED) is 0.791. The van der Waals surface area contributed by atoms with Crippen LogP contribution >= 0.6 is 23.4 Å². The van der Waals surface area contributed by atoms with Crippen molar-refractivity contribution in [2.45, 2.75) is 12.5 Å². The van der Waals surface area contributed by atoms with Crippen molar-refractivity contribution in [2.75, 3.05) is 17.3 Å². The van der Waals surface area contributed by atoms with Gasteiger partial charge in [-0.15, -0.1) is 0 Å². The highest BCUT2D eigenvalue weighted by molar-refractivity contribution is 7.98. The van der Waals surface area contributed by atoms with Gasteiger partial charge in [0.2, 0.25) is 5.91 Å². The Morgan fingerprint density at radius 3 is 3.00 bits per heavy atom. The summed E-state index contributed by atoms with van der Waals surface area (Å²) in [4.78, 5) is 15.5. The van der Waals surface area contributed by atoms with Gasteiger partial charge in [-0.05, 0) is 30.6 Å². The number of thioether (sulfide) groups is 1. The second-order valence-electron chi connectivity index (χ2n) is 3.25. The first kappa shape index (κ1) is 13.3. The van der Waals surface area contributed by atoms with Crippen LogP contribution in [0, 0.1) is 0 Å². The molecule has 0 saturated carbocycles. The van der Waals surface area contributed by atoms with Gasteiger partial charge in [-0.2, -0.15) is 11.8 Å². The van der Waals surface area contributed by atoms with E-state index in [1.807, 2.05) is 6.26 Å². The predicted octanol–water partition coefficient (Wildman–Crippen LogP) is 1.75. The van der Waals surface area contributed by atoms with Gasteiger partial charge in [0, 0.05) is 0 Å². The van der Waals surface area contributed by atoms with E-state index in [1.165, 1.54) is 6.20 Å². The summed E-state index contributed by atoms with van der Waals surface area (Å²) in [6, 6.07) is 2.82. The number of halogens is 1. The van der Waals surface area contributed by atoms with Gasteiger partial charge in [0.25, 0.3) is 0 Å². The normalized spacial score (nSPS) is 12.2. The topological polar surface area (TPSA) is 68.0 Å². The summed E-state index contributed by atoms with van der Waals surface area (Å²) in [7, 11) is 0. The number of amides is 1. The van der Waals surface area contributed by atoms with Crippen LogP contribution in [0.2, 0.25) is 5.15 Å². The van der Waals surface area contributed by atoms with E-state index in [0.717, 1.165) is 5.75 Å². The maximum atomic E-state index is 11.6. The first-order valence-corrected chi connectivity index (χ1v) is 6.57. The zero-order valence-electron chi connectivity index (χ0n) is 8.94. The standard InChI is InChI=1S/C10H14ClN3OS/c1-16-5-4-8(12)10(15)14-7-2-3-9(11)13-6-7/h2-3,6,8H,4-5,12H2,1H3,(H,14,15)/t8-/m1/s1. The molecule has 0 unspecified atom stereocenters. The third-order valence-electron chi connectivity index (χ3n) is 1.96. The lowest BCUT2D eigenvalue weighted by Crippen LogP contribution is -2.36. The van der Waals surface area contributed by atoms with Crippen LogP contribution in [0.3, 0.4) is 0 Å². The summed E-state index contributed by atoms with van der Waals surface area (Å²) < 4.78 is 0. The molecule has 0 fully saturated rings. The molecule has 88 valence electrons. The van der Waals surface area contributed by atoms with E-state index in [-0.39, 0.29) is 5.91 Å². The number of rotatable bonds is 5. The largest absolute Gasteiger partial charge is 0.323 e. The maximum absolute atomic E-state index is 11.6. The van der Waals surface area contributed by atoms with Crippen LogP contribution in [-0.2, 0) is 4.79 Å². The molecule has 4 nitrogen and oxygen atoms in total. The number of hydrogen-bond donors (Lipinski definition) is 2. The van der Waals surface area contributed by atoms with Crippen molar-refractivity contribution in [1.29, 1.82) is 0 Å². The van der Waals surface area contributed by atoms with Crippen LogP contribution in [0.25, 0.3) is 0 Å². The highest BCUT2D eigenvalue weighted by Gasteiger charge is 2.12. The molecule has 1 heterocycles. The van der Waals surface area contributed by atoms with Crippen molar-refractivity contribution < 1.29 is 4.79 Å². The Balaban J connectivity index is 2.47. The van der Waals surface area contributed by atoms with E-state index in [1.54, 1.807) is 23.9 Å². The minimum absolute atomic E-state index is 0.196. The number of nitrogens with one attached hydrogen (secondary N) is 1. The first-order valence-electron chi connectivity index (χ1n) is 4.80. The summed E-state index contributed by atoms with van der Waals surface area (Å²) in [5.41, 5.74) is 6.31. The molecule has 1 aromatic heterocycles. The Bertz CT molecular complexity index is 344. The van der Waals surface area contributed by atoms with E-state index >= 15 is 0 Å². The highest BCUT2D eigenvalue weighted by Crippen LogP contribution is 2.10. The number of anilines is 1. The maximum Gasteiger partial charge on any atom is 0.241 e. The number of hydrogen-bond acceptors (Lipinski definition) is 4. The monoisotopic (exact) mass is 259 g/mol. The number of carbonyl (C=O) groups is 1. The fourth-order valence-corrected chi connectivity index (χ4v) is 1.66. The van der Waals surface area contributed by atoms with Gasteiger partial charge in [0.15, 0.2) is 0 Å². The van der Waals surface area contributed by atoms with Gasteiger partial charge in [-0.3, -0.25) is 4.79 Å². The molecular formula is C10H14ClN3OS. The van der Waals surface area contributed by atoms with E-state index in [9.17, 15) is 4.79 Å². The van der Waals surface area contributed by atoms with E-state index in [2.05, 4.69) is 10.3 Å². The molecule has 0 bridgehead atoms. The molecule has 0 radical (unpaired) electrons. The molecule has 0 aromatic carbocycles. The molecule has 0 aliphatic carbocycles. The van der Waals surface area contributed by atoms with E-state index < -0.39 is 6.04 Å². The van der Waals surface area contributed by atoms with Crippen molar-refractivity contribution >= 4 is 35.0 Å². The van der Waals surface area contributed by atoms with Gasteiger partial charge >= 0.3 is 0 Å². The van der Waals surface area contributed by atoms with Crippen molar-refractivity contribution in [3.8, 4) is 0 Å². The Kier molecular flexibility index (Phi) is 5.59. The third-order valence-corrected chi connectivity index (χ3v) is 2.83. The average molecular weight is 260 g/mol. The molecule has 16 heavy (non-hydrogen) atoms. The van der Waals surface area contributed by atoms with Crippen molar-refractivity contribution in [3.63, 3.8) is 0 Å². The number of carbonyl (C=O) groups excluding carboxylic acids is 1. The summed E-state index contributed by atoms with van der Waals surface area (Å²) in [5, 5.41) is 3.08. The molecule has 0 spiro atoms. The second kappa shape index (κ2) is 6.73. The van der Waals surface area contributed by atoms with E-state index in [0.29, 0.717) is 17.3 Å². The predicted molar refractivity (Wildman–Crippen MR) is 68.9 cm³/mol. The minimum Gasteiger partial charge on any atom is -0.323 e. The van der Waals surface area contributed by atoms with Crippen LogP contribution < -0.4 is 11.1 Å². The SMILES string of the molecule is CSCC[C@@H](N)C(=O)Nc1ccc(Cl)nc1. The van der Waals surface area contributed by atoms with Crippen LogP contribution in [0.1, 0.15) is 6.42 Å². The van der Waals surface area contributed by atoms with Crippen molar-refractivity contribution in [3.05, 3.63) is 23.5 Å². The molecule has 0 aliphatic heterocycles. The van der Waals surface area contributed by atoms with Crippen LogP contribution in [0.15, 0.2) is 18.3 Å². The van der Waals surface area contributed by atoms with Gasteiger partial charge in [-0.25, -0.2) is 4.98 Å². The van der Waals surface area contributed by atoms with Gasteiger partial charge in [-0.1, -0.05) is 11.6 Å². The molecule has 6 heteroatoms. The molecule has 1 rings (SSSR count). The zero-order valence-corrected chi connectivity index (χ0v) is 10.5. The molecule has 1 atom stereocenters. The molecule has 0 saturated heterocycles. The molecular weight excluding hydrogens is 246 g/mol. The van der Waals surface area contributed by atoms with Gasteiger partial charge in [0.1, 0.15) is 5.15 Å². The first-order chi connectivity index (χ1) is 7.63. The summed E-state index contributed by atoms with van der Waals surface area (Å²) in [5.74, 6) is 0.672. The number of pyridine rings is 1. The Morgan fingerprint density at radius 1 is 1.69 bits per heavy atom. The smallest absolute Gasteiger partial charge is 0.241 e. The third kappa shape index (κ3) is 4.38. The lowest BCUT2D eigenvalue weighted by atomic mass is 10.2. The average Bonchev–Trinajstić information content (AvgIpc) is 2.29. The van der Waals surface area contributed by atoms with E-state index in [4.69, 9.17) is 17.3 Å². The van der Waals surface area contributed by atoms with Crippen LogP contribution in [0.4, 0.5) is 5.69 Å². The fraction of sp³-hybridized carbons (Fsp3) is 0.400. The number of nitrogens with two attached hydrogens (primary N) is 1. The highest BCUT2D eigenvalue weighted by atomic mass is 35.5. The zero-order chi connectivity index (χ0) is 12.0. The molecule has 1 aromatic rings. The molecule has 1 amide bonds. The summed E-state index contributed by atoms with van der Waals surface area (Å²) in [6.07, 6.45) is 4.14. The minimum atomic E-state index is -0.483. The van der Waals surface area contributed by atoms with Crippen molar-refractivity contribution in [1.82, 2.24) is 4.98 Å². The second-order valence-corrected chi connectivity index (χ2v) is 4.62. The van der Waals surface area contributed by atoms with Crippen LogP contribution in [0.5, 0.6) is 0 Å². The molecule has 3 N–H and O–H groups in total. The Morgan fingerprint density at radius 2 is 2.44 bits per heavy atom. The number of nitrogens with zero attached hydrogens (tertiary/aromatic N) is 1. The number of aromatic nitrogens is 1. The summed E-state index contributed by atoms with van der Waals surface area (Å²) >= 11 is 7.29. The lowest BCUT2D eigenvalue weighted by Gasteiger charge is -2.11.